The number of anilines is 1. The number of rotatable bonds is 6. The molecular weight excluding hydrogens is 400 g/mol. The second-order valence-corrected chi connectivity index (χ2v) is 5.94. The van der Waals surface area contributed by atoms with Crippen molar-refractivity contribution in [3.63, 3.8) is 0 Å². The second kappa shape index (κ2) is 7.66. The smallest absolute Gasteiger partial charge is 0.237 e. The van der Waals surface area contributed by atoms with Crippen molar-refractivity contribution >= 4 is 37.5 Å². The molecule has 0 bridgehead atoms. The minimum Gasteiger partial charge on any atom is -0.492 e. The van der Waals surface area contributed by atoms with E-state index in [0.717, 1.165) is 25.9 Å². The molecule has 0 radical (unpaired) electrons. The van der Waals surface area contributed by atoms with E-state index in [-0.39, 0.29) is 0 Å². The zero-order valence-corrected chi connectivity index (χ0v) is 15.0. The van der Waals surface area contributed by atoms with E-state index in [1.807, 2.05) is 31.2 Å². The molecule has 4 nitrogen and oxygen atoms in total. The molecule has 0 unspecified atom stereocenters. The Kier molecular flexibility index (Phi) is 5.87. The second-order valence-electron chi connectivity index (χ2n) is 4.24. The lowest BCUT2D eigenvalue weighted by Crippen LogP contribution is -2.03. The van der Waals surface area contributed by atoms with Crippen LogP contribution in [-0.4, -0.2) is 18.7 Å². The predicted molar refractivity (Wildman–Crippen MR) is 91.1 cm³/mol. The van der Waals surface area contributed by atoms with Gasteiger partial charge in [0.05, 0.1) is 28.3 Å². The third-order valence-electron chi connectivity index (χ3n) is 2.79. The Balaban J connectivity index is 2.13. The molecular formula is C15H16Br2N2O2. The summed E-state index contributed by atoms with van der Waals surface area (Å²) in [5.41, 5.74) is 1.98. The molecule has 1 aromatic heterocycles. The van der Waals surface area contributed by atoms with Gasteiger partial charge in [-0.1, -0.05) is 0 Å². The zero-order valence-electron chi connectivity index (χ0n) is 11.8. The Morgan fingerprint density at radius 2 is 1.95 bits per heavy atom. The van der Waals surface area contributed by atoms with Crippen LogP contribution in [-0.2, 0) is 6.54 Å². The zero-order chi connectivity index (χ0) is 15.2. The lowest BCUT2D eigenvalue weighted by molar-refractivity contribution is 0.336. The summed E-state index contributed by atoms with van der Waals surface area (Å²) in [7, 11) is 1.61. The number of halogens is 2. The summed E-state index contributed by atoms with van der Waals surface area (Å²) < 4.78 is 12.6. The summed E-state index contributed by atoms with van der Waals surface area (Å²) in [6.45, 7) is 3.25. The van der Waals surface area contributed by atoms with Gasteiger partial charge in [-0.25, -0.2) is 4.98 Å². The molecule has 0 fully saturated rings. The van der Waals surface area contributed by atoms with E-state index in [4.69, 9.17) is 9.47 Å². The molecule has 6 heteroatoms. The standard InChI is InChI=1S/C15H16Br2N2O2/c1-3-21-14-11(16)7-10(8-12(14)17)9-19-13-5-4-6-18-15(13)20-2/h4-8,19H,3,9H2,1-2H3. The minimum absolute atomic E-state index is 0.585. The van der Waals surface area contributed by atoms with E-state index < -0.39 is 0 Å². The lowest BCUT2D eigenvalue weighted by atomic mass is 10.2. The Bertz CT molecular complexity index is 597. The third kappa shape index (κ3) is 4.11. The summed E-state index contributed by atoms with van der Waals surface area (Å²) in [6.07, 6.45) is 1.70. The van der Waals surface area contributed by atoms with Gasteiger partial charge in [-0.05, 0) is 68.6 Å². The Hall–Kier alpha value is -1.27. The summed E-state index contributed by atoms with van der Waals surface area (Å²) in [4.78, 5) is 4.16. The van der Waals surface area contributed by atoms with Gasteiger partial charge in [0.25, 0.3) is 0 Å². The molecule has 0 saturated heterocycles. The van der Waals surface area contributed by atoms with Crippen LogP contribution in [0.2, 0.25) is 0 Å². The van der Waals surface area contributed by atoms with Crippen molar-refractivity contribution in [2.75, 3.05) is 19.0 Å². The van der Waals surface area contributed by atoms with Crippen LogP contribution in [0.1, 0.15) is 12.5 Å². The summed E-state index contributed by atoms with van der Waals surface area (Å²) in [5, 5.41) is 3.32. The first-order chi connectivity index (χ1) is 10.2. The first-order valence-electron chi connectivity index (χ1n) is 6.49. The van der Waals surface area contributed by atoms with Gasteiger partial charge in [-0.3, -0.25) is 0 Å². The molecule has 2 rings (SSSR count). The van der Waals surface area contributed by atoms with Crippen molar-refractivity contribution in [1.82, 2.24) is 4.98 Å². The maximum Gasteiger partial charge on any atom is 0.237 e. The number of hydrogen-bond acceptors (Lipinski definition) is 4. The number of benzene rings is 1. The van der Waals surface area contributed by atoms with Crippen LogP contribution in [0.4, 0.5) is 5.69 Å². The molecule has 0 aliphatic heterocycles. The van der Waals surface area contributed by atoms with Crippen molar-refractivity contribution in [2.45, 2.75) is 13.5 Å². The van der Waals surface area contributed by atoms with Crippen LogP contribution < -0.4 is 14.8 Å². The Labute approximate surface area is 141 Å². The van der Waals surface area contributed by atoms with E-state index in [2.05, 4.69) is 42.2 Å². The highest BCUT2D eigenvalue weighted by molar-refractivity contribution is 9.11. The average Bonchev–Trinajstić information content (AvgIpc) is 2.49. The van der Waals surface area contributed by atoms with Crippen LogP contribution >= 0.6 is 31.9 Å². The molecule has 21 heavy (non-hydrogen) atoms. The van der Waals surface area contributed by atoms with E-state index in [1.54, 1.807) is 13.3 Å². The quantitative estimate of drug-likeness (QED) is 0.747. The van der Waals surface area contributed by atoms with Gasteiger partial charge in [0, 0.05) is 12.7 Å². The van der Waals surface area contributed by atoms with Crippen LogP contribution in [0, 0.1) is 0 Å². The van der Waals surface area contributed by atoms with E-state index in [1.165, 1.54) is 0 Å². The van der Waals surface area contributed by atoms with Gasteiger partial charge in [0.1, 0.15) is 5.75 Å². The minimum atomic E-state index is 0.585. The van der Waals surface area contributed by atoms with Crippen LogP contribution in [0.3, 0.4) is 0 Å². The molecule has 0 aliphatic rings. The molecule has 0 amide bonds. The highest BCUT2D eigenvalue weighted by Crippen LogP contribution is 2.35. The van der Waals surface area contributed by atoms with Gasteiger partial charge in [0.2, 0.25) is 5.88 Å². The van der Waals surface area contributed by atoms with E-state index in [0.29, 0.717) is 19.0 Å². The fraction of sp³-hybridized carbons (Fsp3) is 0.267. The Morgan fingerprint density at radius 3 is 2.57 bits per heavy atom. The number of pyridine rings is 1. The fourth-order valence-electron chi connectivity index (χ4n) is 1.88. The van der Waals surface area contributed by atoms with Crippen molar-refractivity contribution in [2.24, 2.45) is 0 Å². The number of nitrogens with zero attached hydrogens (tertiary/aromatic N) is 1. The molecule has 0 saturated carbocycles. The molecule has 1 N–H and O–H groups in total. The molecule has 112 valence electrons. The monoisotopic (exact) mass is 414 g/mol. The molecule has 2 aromatic rings. The van der Waals surface area contributed by atoms with Crippen LogP contribution in [0.5, 0.6) is 11.6 Å². The maximum absolute atomic E-state index is 5.58. The molecule has 0 spiro atoms. The van der Waals surface area contributed by atoms with Crippen LogP contribution in [0.15, 0.2) is 39.4 Å². The third-order valence-corrected chi connectivity index (χ3v) is 3.97. The predicted octanol–water partition coefficient (Wildman–Crippen LogP) is 4.63. The molecule has 0 atom stereocenters. The van der Waals surface area contributed by atoms with E-state index >= 15 is 0 Å². The molecule has 1 heterocycles. The molecule has 0 aliphatic carbocycles. The Morgan fingerprint density at radius 1 is 1.24 bits per heavy atom. The van der Waals surface area contributed by atoms with Crippen molar-refractivity contribution < 1.29 is 9.47 Å². The van der Waals surface area contributed by atoms with Crippen molar-refractivity contribution in [3.05, 3.63) is 45.0 Å². The fourth-order valence-corrected chi connectivity index (χ4v) is 3.39. The molecule has 1 aromatic carbocycles. The summed E-state index contributed by atoms with van der Waals surface area (Å²) in [5.74, 6) is 1.40. The van der Waals surface area contributed by atoms with Gasteiger partial charge in [-0.2, -0.15) is 0 Å². The number of aromatic nitrogens is 1. The van der Waals surface area contributed by atoms with Gasteiger partial charge in [-0.15, -0.1) is 0 Å². The lowest BCUT2D eigenvalue weighted by Gasteiger charge is -2.13. The first-order valence-corrected chi connectivity index (χ1v) is 8.08. The summed E-state index contributed by atoms with van der Waals surface area (Å²) >= 11 is 7.07. The first kappa shape index (κ1) is 16.1. The average molecular weight is 416 g/mol. The van der Waals surface area contributed by atoms with Crippen molar-refractivity contribution in [1.29, 1.82) is 0 Å². The number of ether oxygens (including phenoxy) is 2. The van der Waals surface area contributed by atoms with E-state index in [9.17, 15) is 0 Å². The maximum atomic E-state index is 5.58. The number of hydrogen-bond donors (Lipinski definition) is 1. The van der Waals surface area contributed by atoms with Crippen molar-refractivity contribution in [3.8, 4) is 11.6 Å². The topological polar surface area (TPSA) is 43.4 Å². The van der Waals surface area contributed by atoms with Gasteiger partial charge >= 0.3 is 0 Å². The van der Waals surface area contributed by atoms with Gasteiger partial charge in [0.15, 0.2) is 0 Å². The normalized spacial score (nSPS) is 10.3. The summed E-state index contributed by atoms with van der Waals surface area (Å²) in [6, 6.07) is 7.87. The number of methoxy groups -OCH3 is 1. The highest BCUT2D eigenvalue weighted by atomic mass is 79.9. The SMILES string of the molecule is CCOc1c(Br)cc(CNc2cccnc2OC)cc1Br. The van der Waals surface area contributed by atoms with Crippen LogP contribution in [0.25, 0.3) is 0 Å². The highest BCUT2D eigenvalue weighted by Gasteiger charge is 2.09. The largest absolute Gasteiger partial charge is 0.492 e. The van der Waals surface area contributed by atoms with Gasteiger partial charge < -0.3 is 14.8 Å². The number of nitrogens with one attached hydrogen (secondary N) is 1.